The molecule has 7 nitrogen and oxygen atoms in total. The second-order valence-electron chi connectivity index (χ2n) is 7.00. The van der Waals surface area contributed by atoms with E-state index in [1.54, 1.807) is 16.6 Å². The predicted molar refractivity (Wildman–Crippen MR) is 112 cm³/mol. The first kappa shape index (κ1) is 17.8. The molecule has 0 saturated heterocycles. The van der Waals surface area contributed by atoms with Gasteiger partial charge in [0.2, 0.25) is 5.95 Å². The van der Waals surface area contributed by atoms with Gasteiger partial charge in [0.15, 0.2) is 5.65 Å². The van der Waals surface area contributed by atoms with Gasteiger partial charge in [-0.05, 0) is 61.4 Å². The van der Waals surface area contributed by atoms with Gasteiger partial charge in [-0.2, -0.15) is 4.98 Å². The largest absolute Gasteiger partial charge is 0.391 e. The number of carbonyl (C=O) groups excluding carboxylic acids is 1. The number of aliphatic hydroxyl groups excluding tert-OH is 1. The van der Waals surface area contributed by atoms with Gasteiger partial charge >= 0.3 is 0 Å². The lowest BCUT2D eigenvalue weighted by atomic mass is 10.2. The van der Waals surface area contributed by atoms with Gasteiger partial charge in [-0.1, -0.05) is 0 Å². The van der Waals surface area contributed by atoms with Gasteiger partial charge in [0.05, 0.1) is 6.61 Å². The molecule has 3 N–H and O–H groups in total. The van der Waals surface area contributed by atoms with E-state index in [-0.39, 0.29) is 12.5 Å². The summed E-state index contributed by atoms with van der Waals surface area (Å²) in [5.74, 6) is 0.444. The standard InChI is InChI=1S/C21H19N5O2S/c27-12-16-9-10-18(29-16)17-2-1-11-26-19(17)24-21(25-26)23-15-5-3-13(4-6-15)20(28)22-14-7-8-14/h1-6,9-11,14,27H,7-8,12H2,(H,22,28)(H,23,25). The zero-order valence-corrected chi connectivity index (χ0v) is 16.3. The van der Waals surface area contributed by atoms with E-state index < -0.39 is 0 Å². The lowest BCUT2D eigenvalue weighted by molar-refractivity contribution is 0.0951. The maximum Gasteiger partial charge on any atom is 0.251 e. The number of pyridine rings is 1. The van der Waals surface area contributed by atoms with Crippen molar-refractivity contribution in [3.05, 3.63) is 65.2 Å². The van der Waals surface area contributed by atoms with Crippen molar-refractivity contribution in [1.82, 2.24) is 19.9 Å². The van der Waals surface area contributed by atoms with E-state index in [9.17, 15) is 9.90 Å². The Labute approximate surface area is 171 Å². The predicted octanol–water partition coefficient (Wildman–Crippen LogP) is 3.59. The number of nitrogens with zero attached hydrogens (tertiary/aromatic N) is 3. The van der Waals surface area contributed by atoms with Crippen molar-refractivity contribution in [2.45, 2.75) is 25.5 Å². The van der Waals surface area contributed by atoms with E-state index in [0.29, 0.717) is 17.6 Å². The monoisotopic (exact) mass is 405 g/mol. The van der Waals surface area contributed by atoms with Crippen LogP contribution < -0.4 is 10.6 Å². The van der Waals surface area contributed by atoms with Gasteiger partial charge in [0, 0.05) is 38.8 Å². The zero-order valence-electron chi connectivity index (χ0n) is 15.5. The summed E-state index contributed by atoms with van der Waals surface area (Å²) in [4.78, 5) is 18.7. The summed E-state index contributed by atoms with van der Waals surface area (Å²) in [6.45, 7) is 0.0297. The molecule has 4 aromatic rings. The topological polar surface area (TPSA) is 91.5 Å². The van der Waals surface area contributed by atoms with Crippen molar-refractivity contribution >= 4 is 34.5 Å². The van der Waals surface area contributed by atoms with Crippen LogP contribution in [0.1, 0.15) is 28.1 Å². The summed E-state index contributed by atoms with van der Waals surface area (Å²) < 4.78 is 1.73. The van der Waals surface area contributed by atoms with Gasteiger partial charge in [-0.25, -0.2) is 4.52 Å². The van der Waals surface area contributed by atoms with Crippen LogP contribution in [0.4, 0.5) is 11.6 Å². The first-order chi connectivity index (χ1) is 14.2. The van der Waals surface area contributed by atoms with E-state index >= 15 is 0 Å². The Balaban J connectivity index is 1.38. The molecule has 1 aliphatic rings. The molecule has 1 saturated carbocycles. The number of anilines is 2. The summed E-state index contributed by atoms with van der Waals surface area (Å²) in [6, 6.07) is 15.4. The highest BCUT2D eigenvalue weighted by Gasteiger charge is 2.23. The summed E-state index contributed by atoms with van der Waals surface area (Å²) in [7, 11) is 0. The number of hydrogen-bond donors (Lipinski definition) is 3. The number of thiophene rings is 1. The molecule has 0 radical (unpaired) electrons. The van der Waals surface area contributed by atoms with Crippen molar-refractivity contribution in [2.75, 3.05) is 5.32 Å². The molecule has 0 aliphatic heterocycles. The van der Waals surface area contributed by atoms with Crippen LogP contribution in [0.5, 0.6) is 0 Å². The van der Waals surface area contributed by atoms with E-state index in [0.717, 1.165) is 39.5 Å². The molecule has 1 aromatic carbocycles. The van der Waals surface area contributed by atoms with Crippen molar-refractivity contribution < 1.29 is 9.90 Å². The Morgan fingerprint density at radius 1 is 1.17 bits per heavy atom. The molecule has 0 unspecified atom stereocenters. The third-order valence-corrected chi connectivity index (χ3v) is 5.86. The maximum absolute atomic E-state index is 12.1. The molecule has 5 rings (SSSR count). The minimum Gasteiger partial charge on any atom is -0.391 e. The van der Waals surface area contributed by atoms with Crippen LogP contribution in [-0.2, 0) is 6.61 Å². The number of aliphatic hydroxyl groups is 1. The smallest absolute Gasteiger partial charge is 0.251 e. The maximum atomic E-state index is 12.1. The Bertz CT molecular complexity index is 1180. The quantitative estimate of drug-likeness (QED) is 0.456. The minimum atomic E-state index is -0.0345. The van der Waals surface area contributed by atoms with Crippen molar-refractivity contribution in [3.63, 3.8) is 0 Å². The van der Waals surface area contributed by atoms with Gasteiger partial charge in [0.25, 0.3) is 5.91 Å². The van der Waals surface area contributed by atoms with Gasteiger partial charge in [-0.3, -0.25) is 4.79 Å². The molecular weight excluding hydrogens is 386 g/mol. The Morgan fingerprint density at radius 2 is 2.00 bits per heavy atom. The minimum absolute atomic E-state index is 0.0297. The third-order valence-electron chi connectivity index (χ3n) is 4.76. The summed E-state index contributed by atoms with van der Waals surface area (Å²) in [5, 5.41) is 20.0. The van der Waals surface area contributed by atoms with E-state index in [1.807, 2.05) is 42.6 Å². The molecule has 0 spiro atoms. The average molecular weight is 405 g/mol. The molecular formula is C21H19N5O2S. The summed E-state index contributed by atoms with van der Waals surface area (Å²) >= 11 is 1.54. The number of nitrogens with one attached hydrogen (secondary N) is 2. The fourth-order valence-electron chi connectivity index (χ4n) is 3.09. The normalized spacial score (nSPS) is 13.6. The highest BCUT2D eigenvalue weighted by Crippen LogP contribution is 2.31. The number of benzene rings is 1. The van der Waals surface area contributed by atoms with Gasteiger partial charge in [0.1, 0.15) is 0 Å². The molecule has 1 fully saturated rings. The second-order valence-corrected chi connectivity index (χ2v) is 8.17. The van der Waals surface area contributed by atoms with Crippen LogP contribution in [0.3, 0.4) is 0 Å². The molecule has 1 amide bonds. The number of carbonyl (C=O) groups is 1. The fourth-order valence-corrected chi connectivity index (χ4v) is 3.98. The Hall–Kier alpha value is -3.23. The molecule has 8 heteroatoms. The van der Waals surface area contributed by atoms with Crippen molar-refractivity contribution in [2.24, 2.45) is 0 Å². The molecule has 0 bridgehead atoms. The van der Waals surface area contributed by atoms with E-state index in [1.165, 1.54) is 11.3 Å². The van der Waals surface area contributed by atoms with E-state index in [4.69, 9.17) is 0 Å². The lowest BCUT2D eigenvalue weighted by Crippen LogP contribution is -2.25. The average Bonchev–Trinajstić information content (AvgIpc) is 3.26. The SMILES string of the molecule is O=C(NC1CC1)c1ccc(Nc2nc3c(-c4ccc(CO)s4)cccn3n2)cc1. The fraction of sp³-hybridized carbons (Fsp3) is 0.190. The van der Waals surface area contributed by atoms with Crippen LogP contribution in [0.25, 0.3) is 16.1 Å². The van der Waals surface area contributed by atoms with Crippen LogP contribution in [-0.4, -0.2) is 31.7 Å². The highest BCUT2D eigenvalue weighted by atomic mass is 32.1. The zero-order chi connectivity index (χ0) is 19.8. The Kier molecular flexibility index (Phi) is 4.49. The number of aromatic nitrogens is 3. The molecule has 146 valence electrons. The summed E-state index contributed by atoms with van der Waals surface area (Å²) in [5.41, 5.74) is 3.15. The van der Waals surface area contributed by atoms with Crippen LogP contribution >= 0.6 is 11.3 Å². The number of amides is 1. The lowest BCUT2D eigenvalue weighted by Gasteiger charge is -2.05. The number of hydrogen-bond acceptors (Lipinski definition) is 6. The molecule has 1 aliphatic carbocycles. The van der Waals surface area contributed by atoms with Gasteiger partial charge in [-0.15, -0.1) is 16.4 Å². The van der Waals surface area contributed by atoms with Crippen LogP contribution in [0, 0.1) is 0 Å². The molecule has 29 heavy (non-hydrogen) atoms. The molecule has 3 heterocycles. The van der Waals surface area contributed by atoms with Crippen molar-refractivity contribution in [1.29, 1.82) is 0 Å². The second kappa shape index (κ2) is 7.31. The van der Waals surface area contributed by atoms with Gasteiger partial charge < -0.3 is 15.7 Å². The van der Waals surface area contributed by atoms with Crippen molar-refractivity contribution in [3.8, 4) is 10.4 Å². The van der Waals surface area contributed by atoms with E-state index in [2.05, 4.69) is 20.7 Å². The summed E-state index contributed by atoms with van der Waals surface area (Å²) in [6.07, 6.45) is 3.99. The van der Waals surface area contributed by atoms with Crippen LogP contribution in [0.2, 0.25) is 0 Å². The Morgan fingerprint density at radius 3 is 2.72 bits per heavy atom. The third kappa shape index (κ3) is 3.72. The highest BCUT2D eigenvalue weighted by molar-refractivity contribution is 7.15. The van der Waals surface area contributed by atoms with Crippen LogP contribution in [0.15, 0.2) is 54.7 Å². The first-order valence-corrected chi connectivity index (χ1v) is 10.2. The number of rotatable bonds is 6. The first-order valence-electron chi connectivity index (χ1n) is 9.43. The molecule has 3 aromatic heterocycles. The molecule has 0 atom stereocenters. The number of fused-ring (bicyclic) bond motifs is 1.